The fraction of sp³-hybridized carbons (Fsp3) is 0.692. The molecule has 0 amide bonds. The van der Waals surface area contributed by atoms with Crippen LogP contribution in [0.2, 0.25) is 0 Å². The van der Waals surface area contributed by atoms with E-state index in [1.807, 2.05) is 0 Å². The number of hydrogen-bond donors (Lipinski definition) is 0. The number of furan rings is 1. The Balaban J connectivity index is 1.77. The van der Waals surface area contributed by atoms with E-state index < -0.39 is 10.0 Å². The SMILES string of the molecule is O=S(=O)(c1cc(CCl)oc1Br)N1CCC(N2CCCC2)C1. The Bertz CT molecular complexity index is 613. The second-order valence-electron chi connectivity index (χ2n) is 5.53. The minimum atomic E-state index is -3.51. The van der Waals surface area contributed by atoms with E-state index >= 15 is 0 Å². The molecular formula is C13H18BrClN2O3S. The number of alkyl halides is 1. The number of halogens is 2. The molecule has 0 spiro atoms. The summed E-state index contributed by atoms with van der Waals surface area (Å²) in [7, 11) is -3.51. The minimum absolute atomic E-state index is 0.157. The summed E-state index contributed by atoms with van der Waals surface area (Å²) in [6.07, 6.45) is 3.34. The summed E-state index contributed by atoms with van der Waals surface area (Å²) >= 11 is 8.88. The van der Waals surface area contributed by atoms with Crippen LogP contribution in [0, 0.1) is 0 Å². The van der Waals surface area contributed by atoms with Gasteiger partial charge in [0.2, 0.25) is 10.0 Å². The van der Waals surface area contributed by atoms with Gasteiger partial charge in [0.15, 0.2) is 4.67 Å². The van der Waals surface area contributed by atoms with E-state index in [1.54, 1.807) is 4.31 Å². The lowest BCUT2D eigenvalue weighted by molar-refractivity contribution is 0.251. The summed E-state index contributed by atoms with van der Waals surface area (Å²) in [4.78, 5) is 2.59. The molecule has 1 aromatic heterocycles. The number of hydrogen-bond acceptors (Lipinski definition) is 4. The average molecular weight is 398 g/mol. The molecule has 0 bridgehead atoms. The van der Waals surface area contributed by atoms with Crippen molar-refractivity contribution >= 4 is 37.6 Å². The first-order valence-electron chi connectivity index (χ1n) is 7.11. The largest absolute Gasteiger partial charge is 0.452 e. The van der Waals surface area contributed by atoms with E-state index in [1.165, 1.54) is 18.9 Å². The van der Waals surface area contributed by atoms with Crippen molar-refractivity contribution in [1.82, 2.24) is 9.21 Å². The van der Waals surface area contributed by atoms with Gasteiger partial charge in [-0.3, -0.25) is 4.90 Å². The van der Waals surface area contributed by atoms with Crippen LogP contribution in [0.1, 0.15) is 25.0 Å². The van der Waals surface area contributed by atoms with Crippen molar-refractivity contribution in [1.29, 1.82) is 0 Å². The zero-order valence-electron chi connectivity index (χ0n) is 11.6. The molecule has 0 saturated carbocycles. The van der Waals surface area contributed by atoms with Crippen LogP contribution in [0.4, 0.5) is 0 Å². The molecule has 8 heteroatoms. The molecule has 2 fully saturated rings. The lowest BCUT2D eigenvalue weighted by Crippen LogP contribution is -2.37. The van der Waals surface area contributed by atoms with E-state index in [4.69, 9.17) is 16.0 Å². The fourth-order valence-corrected chi connectivity index (χ4v) is 5.70. The molecule has 1 unspecified atom stereocenters. The van der Waals surface area contributed by atoms with Gasteiger partial charge in [-0.2, -0.15) is 4.31 Å². The van der Waals surface area contributed by atoms with Gasteiger partial charge in [-0.25, -0.2) is 8.42 Å². The molecule has 0 N–H and O–H groups in total. The van der Waals surface area contributed by atoms with Gasteiger partial charge in [0.25, 0.3) is 0 Å². The van der Waals surface area contributed by atoms with Gasteiger partial charge >= 0.3 is 0 Å². The topological polar surface area (TPSA) is 53.8 Å². The Kier molecular flexibility index (Phi) is 4.66. The molecule has 2 aliphatic heterocycles. The molecule has 118 valence electrons. The van der Waals surface area contributed by atoms with Crippen LogP contribution in [0.3, 0.4) is 0 Å². The summed E-state index contributed by atoms with van der Waals surface area (Å²) in [6.45, 7) is 3.31. The molecule has 3 rings (SSSR count). The summed E-state index contributed by atoms with van der Waals surface area (Å²) in [6, 6.07) is 1.86. The molecule has 3 heterocycles. The molecule has 21 heavy (non-hydrogen) atoms. The van der Waals surface area contributed by atoms with Gasteiger partial charge in [-0.05, 0) is 48.3 Å². The Hall–Kier alpha value is -0.0800. The van der Waals surface area contributed by atoms with Crippen molar-refractivity contribution in [2.45, 2.75) is 36.1 Å². The Morgan fingerprint density at radius 3 is 2.67 bits per heavy atom. The standard InChI is InChI=1S/C13H18BrClN2O3S/c14-13-12(7-11(8-15)20-13)21(18,19)17-6-3-10(9-17)16-4-1-2-5-16/h7,10H,1-6,8-9H2. The van der Waals surface area contributed by atoms with Gasteiger partial charge in [-0.1, -0.05) is 0 Å². The third-order valence-electron chi connectivity index (χ3n) is 4.24. The van der Waals surface area contributed by atoms with Crippen LogP contribution >= 0.6 is 27.5 Å². The quantitative estimate of drug-likeness (QED) is 0.733. The van der Waals surface area contributed by atoms with Gasteiger partial charge < -0.3 is 4.42 Å². The molecule has 0 aromatic carbocycles. The summed E-state index contributed by atoms with van der Waals surface area (Å²) in [5.41, 5.74) is 0. The third kappa shape index (κ3) is 3.03. The van der Waals surface area contributed by atoms with Crippen molar-refractivity contribution in [2.75, 3.05) is 26.2 Å². The highest BCUT2D eigenvalue weighted by Crippen LogP contribution is 2.32. The molecule has 1 atom stereocenters. The second-order valence-corrected chi connectivity index (χ2v) is 8.43. The maximum atomic E-state index is 12.7. The molecule has 1 aromatic rings. The zero-order chi connectivity index (χ0) is 15.0. The van der Waals surface area contributed by atoms with Gasteiger partial charge in [0, 0.05) is 25.2 Å². The molecule has 0 radical (unpaired) electrons. The number of nitrogens with zero attached hydrogens (tertiary/aromatic N) is 2. The zero-order valence-corrected chi connectivity index (χ0v) is 14.8. The first-order valence-corrected chi connectivity index (χ1v) is 9.87. The predicted octanol–water partition coefficient (Wildman–Crippen LogP) is 2.64. The van der Waals surface area contributed by atoms with Crippen LogP contribution in [-0.2, 0) is 15.9 Å². The maximum Gasteiger partial charge on any atom is 0.247 e. The fourth-order valence-electron chi connectivity index (χ4n) is 3.11. The third-order valence-corrected chi connectivity index (χ3v) is 7.22. The average Bonchev–Trinajstić information content (AvgIpc) is 3.18. The van der Waals surface area contributed by atoms with Crippen LogP contribution in [0.25, 0.3) is 0 Å². The molecule has 5 nitrogen and oxygen atoms in total. The first-order chi connectivity index (χ1) is 10.0. The van der Waals surface area contributed by atoms with Crippen LogP contribution in [-0.4, -0.2) is 49.8 Å². The van der Waals surface area contributed by atoms with Crippen molar-refractivity contribution in [3.05, 3.63) is 16.5 Å². The molecule has 2 aliphatic rings. The Labute approximate surface area is 138 Å². The van der Waals surface area contributed by atoms with Crippen molar-refractivity contribution in [3.63, 3.8) is 0 Å². The van der Waals surface area contributed by atoms with Crippen molar-refractivity contribution in [3.8, 4) is 0 Å². The van der Waals surface area contributed by atoms with E-state index in [9.17, 15) is 8.42 Å². The molecule has 2 saturated heterocycles. The van der Waals surface area contributed by atoms with E-state index in [0.29, 0.717) is 24.9 Å². The summed E-state index contributed by atoms with van der Waals surface area (Å²) < 4.78 is 32.5. The smallest absolute Gasteiger partial charge is 0.247 e. The second kappa shape index (κ2) is 6.20. The van der Waals surface area contributed by atoms with Crippen molar-refractivity contribution in [2.24, 2.45) is 0 Å². The van der Waals surface area contributed by atoms with Gasteiger partial charge in [-0.15, -0.1) is 11.6 Å². The number of likely N-dealkylation sites (tertiary alicyclic amines) is 1. The number of sulfonamides is 1. The van der Waals surface area contributed by atoms with Crippen LogP contribution < -0.4 is 0 Å². The summed E-state index contributed by atoms with van der Waals surface area (Å²) in [5.74, 6) is 0.613. The lowest BCUT2D eigenvalue weighted by atomic mass is 10.2. The number of rotatable bonds is 4. The van der Waals surface area contributed by atoms with E-state index in [2.05, 4.69) is 20.8 Å². The van der Waals surface area contributed by atoms with E-state index in [-0.39, 0.29) is 15.4 Å². The Morgan fingerprint density at radius 2 is 2.05 bits per heavy atom. The highest BCUT2D eigenvalue weighted by molar-refractivity contribution is 9.10. The molecular weight excluding hydrogens is 380 g/mol. The maximum absolute atomic E-state index is 12.7. The molecule has 0 aliphatic carbocycles. The van der Waals surface area contributed by atoms with E-state index in [0.717, 1.165) is 19.5 Å². The highest BCUT2D eigenvalue weighted by atomic mass is 79.9. The highest BCUT2D eigenvalue weighted by Gasteiger charge is 2.37. The first kappa shape index (κ1) is 15.8. The Morgan fingerprint density at radius 1 is 1.33 bits per heavy atom. The lowest BCUT2D eigenvalue weighted by Gasteiger charge is -2.23. The van der Waals surface area contributed by atoms with Crippen molar-refractivity contribution < 1.29 is 12.8 Å². The minimum Gasteiger partial charge on any atom is -0.452 e. The monoisotopic (exact) mass is 396 g/mol. The van der Waals surface area contributed by atoms with Gasteiger partial charge in [0.1, 0.15) is 10.7 Å². The van der Waals surface area contributed by atoms with Crippen LogP contribution in [0.15, 0.2) is 20.0 Å². The summed E-state index contributed by atoms with van der Waals surface area (Å²) in [5, 5.41) is 0. The predicted molar refractivity (Wildman–Crippen MR) is 83.9 cm³/mol. The van der Waals surface area contributed by atoms with Crippen LogP contribution in [0.5, 0.6) is 0 Å². The van der Waals surface area contributed by atoms with Gasteiger partial charge in [0.05, 0.1) is 5.88 Å². The normalized spacial score (nSPS) is 25.0.